The van der Waals surface area contributed by atoms with Crippen LogP contribution >= 0.6 is 0 Å². The number of hydrogen-bond acceptors (Lipinski definition) is 6. The molecule has 1 saturated heterocycles. The summed E-state index contributed by atoms with van der Waals surface area (Å²) in [7, 11) is 5.25. The summed E-state index contributed by atoms with van der Waals surface area (Å²) >= 11 is 0. The molecule has 1 aromatic heterocycles. The maximum atomic E-state index is 11.7. The highest BCUT2D eigenvalue weighted by Gasteiger charge is 2.53. The number of nitrogens with zero attached hydrogens (tertiary/aromatic N) is 2. The summed E-state index contributed by atoms with van der Waals surface area (Å²) in [6, 6.07) is 8.52. The molecule has 0 spiro atoms. The van der Waals surface area contributed by atoms with E-state index in [1.807, 2.05) is 6.07 Å². The molecule has 1 aliphatic heterocycles. The molecule has 2 aliphatic rings. The second-order valence-corrected chi connectivity index (χ2v) is 7.95. The van der Waals surface area contributed by atoms with Crippen LogP contribution in [-0.2, 0) is 16.6 Å². The van der Waals surface area contributed by atoms with Gasteiger partial charge in [0.05, 0.1) is 32.6 Å². The molecular weight excluding hydrogens is 356 g/mol. The molecule has 2 heterocycles. The van der Waals surface area contributed by atoms with Crippen molar-refractivity contribution in [2.45, 2.75) is 24.8 Å². The molecule has 4 rings (SSSR count). The standard InChI is InChI=1S/C22H26N2O4/c1-22-13-24(2)20(8-14-5-6-16(26-3)9-18(14)22)19(22)12-28-17-7-15(10-23-11-17)21(25)27-4/h5-7,9-11,19-20H,8,12-13H2,1-4H3/t19-,20-,22+/m1/s1. The van der Waals surface area contributed by atoms with E-state index in [0.29, 0.717) is 29.9 Å². The zero-order chi connectivity index (χ0) is 19.9. The molecule has 0 unspecified atom stereocenters. The molecule has 2 aromatic rings. The van der Waals surface area contributed by atoms with E-state index in [9.17, 15) is 4.79 Å². The number of hydrogen-bond donors (Lipinski definition) is 0. The molecule has 1 aliphatic carbocycles. The predicted molar refractivity (Wildman–Crippen MR) is 105 cm³/mol. The van der Waals surface area contributed by atoms with Crippen molar-refractivity contribution in [1.82, 2.24) is 9.88 Å². The lowest BCUT2D eigenvalue weighted by molar-refractivity contribution is 0.0599. The Morgan fingerprint density at radius 1 is 1.25 bits per heavy atom. The molecule has 1 fully saturated rings. The third-order valence-electron chi connectivity index (χ3n) is 6.35. The van der Waals surface area contributed by atoms with Gasteiger partial charge in [-0.15, -0.1) is 0 Å². The van der Waals surface area contributed by atoms with Crippen molar-refractivity contribution in [3.8, 4) is 11.5 Å². The highest BCUT2D eigenvalue weighted by molar-refractivity contribution is 5.89. The van der Waals surface area contributed by atoms with E-state index in [1.54, 1.807) is 19.4 Å². The Bertz CT molecular complexity index is 900. The fourth-order valence-corrected chi connectivity index (χ4v) is 4.89. The minimum Gasteiger partial charge on any atom is -0.497 e. The van der Waals surface area contributed by atoms with Gasteiger partial charge in [-0.1, -0.05) is 13.0 Å². The largest absolute Gasteiger partial charge is 0.497 e. The van der Waals surface area contributed by atoms with Gasteiger partial charge in [0.15, 0.2) is 0 Å². The SMILES string of the molecule is COC(=O)c1cncc(OC[C@@H]2[C@H]3Cc4ccc(OC)cc4[C@]2(C)CN3C)c1. The van der Waals surface area contributed by atoms with Crippen LogP contribution in [0, 0.1) is 5.92 Å². The predicted octanol–water partition coefficient (Wildman–Crippen LogP) is 2.70. The van der Waals surface area contributed by atoms with E-state index in [4.69, 9.17) is 14.2 Å². The van der Waals surface area contributed by atoms with Crippen molar-refractivity contribution in [2.24, 2.45) is 5.92 Å². The number of benzene rings is 1. The molecule has 0 amide bonds. The minimum absolute atomic E-state index is 0.0189. The van der Waals surface area contributed by atoms with Gasteiger partial charge in [-0.2, -0.15) is 0 Å². The van der Waals surface area contributed by atoms with Crippen LogP contribution in [0.4, 0.5) is 0 Å². The van der Waals surface area contributed by atoms with Crippen molar-refractivity contribution < 1.29 is 19.0 Å². The van der Waals surface area contributed by atoms with Crippen molar-refractivity contribution in [2.75, 3.05) is 34.4 Å². The molecule has 28 heavy (non-hydrogen) atoms. The summed E-state index contributed by atoms with van der Waals surface area (Å²) in [5, 5.41) is 0. The van der Waals surface area contributed by atoms with E-state index in [-0.39, 0.29) is 5.41 Å². The van der Waals surface area contributed by atoms with E-state index in [2.05, 4.69) is 36.0 Å². The van der Waals surface area contributed by atoms with E-state index in [1.165, 1.54) is 24.4 Å². The lowest BCUT2D eigenvalue weighted by Gasteiger charge is -2.39. The number of likely N-dealkylation sites (tertiary alicyclic amines) is 1. The van der Waals surface area contributed by atoms with Gasteiger partial charge >= 0.3 is 5.97 Å². The molecule has 1 aromatic carbocycles. The summed E-state index contributed by atoms with van der Waals surface area (Å²) in [6.07, 6.45) is 4.13. The zero-order valence-corrected chi connectivity index (χ0v) is 16.8. The number of methoxy groups -OCH3 is 2. The first-order valence-corrected chi connectivity index (χ1v) is 9.50. The van der Waals surface area contributed by atoms with E-state index >= 15 is 0 Å². The van der Waals surface area contributed by atoms with Crippen LogP contribution in [0.25, 0.3) is 0 Å². The van der Waals surface area contributed by atoms with Crippen LogP contribution in [0.15, 0.2) is 36.7 Å². The molecule has 148 valence electrons. The molecule has 0 N–H and O–H groups in total. The number of carbonyl (C=O) groups excluding carboxylic acids is 1. The van der Waals surface area contributed by atoms with Crippen molar-refractivity contribution in [3.63, 3.8) is 0 Å². The Hall–Kier alpha value is -2.60. The second kappa shape index (κ2) is 7.09. The van der Waals surface area contributed by atoms with E-state index < -0.39 is 5.97 Å². The van der Waals surface area contributed by atoms with Crippen LogP contribution in [-0.4, -0.2) is 56.3 Å². The molecule has 3 atom stereocenters. The zero-order valence-electron chi connectivity index (χ0n) is 16.8. The summed E-state index contributed by atoms with van der Waals surface area (Å²) in [6.45, 7) is 3.86. The minimum atomic E-state index is -0.414. The first-order chi connectivity index (χ1) is 13.5. The Morgan fingerprint density at radius 2 is 2.07 bits per heavy atom. The molecule has 6 nitrogen and oxygen atoms in total. The van der Waals surface area contributed by atoms with Crippen LogP contribution in [0.5, 0.6) is 11.5 Å². The number of pyridine rings is 1. The number of rotatable bonds is 5. The molecule has 0 saturated carbocycles. The lowest BCUT2D eigenvalue weighted by atomic mass is 9.65. The van der Waals surface area contributed by atoms with Gasteiger partial charge in [0.1, 0.15) is 11.5 Å². The smallest absolute Gasteiger partial charge is 0.339 e. The van der Waals surface area contributed by atoms with Gasteiger partial charge in [-0.05, 0) is 42.8 Å². The summed E-state index contributed by atoms with van der Waals surface area (Å²) in [5.74, 6) is 1.40. The van der Waals surface area contributed by atoms with Gasteiger partial charge in [0, 0.05) is 30.1 Å². The number of esters is 1. The quantitative estimate of drug-likeness (QED) is 0.741. The fraction of sp³-hybridized carbons (Fsp3) is 0.455. The number of aromatic nitrogens is 1. The average molecular weight is 382 g/mol. The monoisotopic (exact) mass is 382 g/mol. The first-order valence-electron chi connectivity index (χ1n) is 9.50. The number of carbonyl (C=O) groups is 1. The van der Waals surface area contributed by atoms with Gasteiger partial charge < -0.3 is 19.1 Å². The third kappa shape index (κ3) is 3.02. The van der Waals surface area contributed by atoms with Gasteiger partial charge in [0.25, 0.3) is 0 Å². The second-order valence-electron chi connectivity index (χ2n) is 7.95. The highest BCUT2D eigenvalue weighted by atomic mass is 16.5. The summed E-state index contributed by atoms with van der Waals surface area (Å²) in [5.41, 5.74) is 3.12. The molecule has 6 heteroatoms. The Morgan fingerprint density at radius 3 is 2.82 bits per heavy atom. The van der Waals surface area contributed by atoms with Gasteiger partial charge in [-0.3, -0.25) is 4.98 Å². The average Bonchev–Trinajstić information content (AvgIpc) is 2.89. The van der Waals surface area contributed by atoms with Crippen molar-refractivity contribution in [3.05, 3.63) is 53.3 Å². The van der Waals surface area contributed by atoms with Crippen molar-refractivity contribution >= 4 is 5.97 Å². The number of ether oxygens (including phenoxy) is 3. The molecule has 2 bridgehead atoms. The highest BCUT2D eigenvalue weighted by Crippen LogP contribution is 2.49. The van der Waals surface area contributed by atoms with Crippen LogP contribution < -0.4 is 9.47 Å². The Labute approximate surface area is 165 Å². The van der Waals surface area contributed by atoms with Crippen LogP contribution in [0.3, 0.4) is 0 Å². The summed E-state index contributed by atoms with van der Waals surface area (Å²) in [4.78, 5) is 18.3. The topological polar surface area (TPSA) is 60.9 Å². The van der Waals surface area contributed by atoms with Gasteiger partial charge in [0.2, 0.25) is 0 Å². The Kier molecular flexibility index (Phi) is 4.75. The van der Waals surface area contributed by atoms with Crippen molar-refractivity contribution in [1.29, 1.82) is 0 Å². The van der Waals surface area contributed by atoms with Crippen LogP contribution in [0.1, 0.15) is 28.4 Å². The van der Waals surface area contributed by atoms with Gasteiger partial charge in [-0.25, -0.2) is 4.79 Å². The maximum Gasteiger partial charge on any atom is 0.339 e. The normalized spacial score (nSPS) is 25.9. The Balaban J connectivity index is 1.59. The maximum absolute atomic E-state index is 11.7. The lowest BCUT2D eigenvalue weighted by Crippen LogP contribution is -2.43. The summed E-state index contributed by atoms with van der Waals surface area (Å²) < 4.78 is 16.4. The third-order valence-corrected chi connectivity index (χ3v) is 6.35. The first kappa shape index (κ1) is 18.7. The number of likely N-dealkylation sites (N-methyl/N-ethyl adjacent to an activating group) is 1. The number of fused-ring (bicyclic) bond motifs is 4. The van der Waals surface area contributed by atoms with E-state index in [0.717, 1.165) is 18.7 Å². The molecule has 0 radical (unpaired) electrons. The fourth-order valence-electron chi connectivity index (χ4n) is 4.89. The van der Waals surface area contributed by atoms with Crippen LogP contribution in [0.2, 0.25) is 0 Å². The molecular formula is C22H26N2O4.